The topological polar surface area (TPSA) is 79.9 Å². The first-order chi connectivity index (χ1) is 14.0. The van der Waals surface area contributed by atoms with Crippen LogP contribution in [0.1, 0.15) is 24.1 Å². The molecule has 0 saturated heterocycles. The number of ether oxygens (including phenoxy) is 2. The fourth-order valence-corrected chi connectivity index (χ4v) is 3.27. The lowest BCUT2D eigenvalue weighted by atomic mass is 10.0. The van der Waals surface area contributed by atoms with Crippen LogP contribution in [0.2, 0.25) is 0 Å². The van der Waals surface area contributed by atoms with Crippen molar-refractivity contribution in [2.45, 2.75) is 19.4 Å². The van der Waals surface area contributed by atoms with Crippen LogP contribution in [0.3, 0.4) is 0 Å². The van der Waals surface area contributed by atoms with Crippen LogP contribution in [-0.2, 0) is 16.0 Å². The Hall–Kier alpha value is -3.06. The number of hydrogen-bond donors (Lipinski definition) is 2. The van der Waals surface area contributed by atoms with E-state index in [1.54, 1.807) is 24.3 Å². The number of benzene rings is 2. The number of hydrogen-bond acceptors (Lipinski definition) is 5. The van der Waals surface area contributed by atoms with Crippen LogP contribution < -0.4 is 20.1 Å². The molecule has 0 saturated carbocycles. The van der Waals surface area contributed by atoms with E-state index in [-0.39, 0.29) is 6.04 Å². The van der Waals surface area contributed by atoms with Crippen molar-refractivity contribution in [2.24, 2.45) is 0 Å². The zero-order valence-electron chi connectivity index (χ0n) is 17.0. The van der Waals surface area contributed by atoms with Gasteiger partial charge in [0.2, 0.25) is 0 Å². The van der Waals surface area contributed by atoms with Crippen molar-refractivity contribution < 1.29 is 19.1 Å². The Morgan fingerprint density at radius 2 is 1.90 bits per heavy atom. The first kappa shape index (κ1) is 20.7. The van der Waals surface area contributed by atoms with Gasteiger partial charge in [-0.15, -0.1) is 0 Å². The maximum atomic E-state index is 12.3. The van der Waals surface area contributed by atoms with Gasteiger partial charge in [-0.1, -0.05) is 12.1 Å². The quantitative estimate of drug-likeness (QED) is 0.702. The van der Waals surface area contributed by atoms with E-state index < -0.39 is 11.8 Å². The lowest BCUT2D eigenvalue weighted by Gasteiger charge is -2.25. The van der Waals surface area contributed by atoms with Gasteiger partial charge in [-0.2, -0.15) is 0 Å². The van der Waals surface area contributed by atoms with E-state index in [4.69, 9.17) is 9.47 Å². The zero-order chi connectivity index (χ0) is 20.8. The maximum Gasteiger partial charge on any atom is 0.313 e. The SMILES string of the molecule is CCOc1ccc(NC(=O)C(=O)NCC(c2ccc3c(c2)CCO3)N(C)C)cc1. The van der Waals surface area contributed by atoms with Gasteiger partial charge in [-0.3, -0.25) is 9.59 Å². The van der Waals surface area contributed by atoms with Gasteiger partial charge in [-0.25, -0.2) is 0 Å². The lowest BCUT2D eigenvalue weighted by molar-refractivity contribution is -0.136. The van der Waals surface area contributed by atoms with Crippen LogP contribution in [0.15, 0.2) is 42.5 Å². The van der Waals surface area contributed by atoms with Crippen LogP contribution in [0.5, 0.6) is 11.5 Å². The summed E-state index contributed by atoms with van der Waals surface area (Å²) < 4.78 is 10.9. The van der Waals surface area contributed by atoms with Gasteiger partial charge in [0.15, 0.2) is 0 Å². The molecule has 154 valence electrons. The third-order valence-corrected chi connectivity index (χ3v) is 4.81. The minimum Gasteiger partial charge on any atom is -0.494 e. The van der Waals surface area contributed by atoms with Crippen LogP contribution >= 0.6 is 0 Å². The summed E-state index contributed by atoms with van der Waals surface area (Å²) in [5.41, 5.74) is 2.79. The summed E-state index contributed by atoms with van der Waals surface area (Å²) in [4.78, 5) is 26.5. The van der Waals surface area contributed by atoms with E-state index in [1.165, 1.54) is 5.56 Å². The summed E-state index contributed by atoms with van der Waals surface area (Å²) in [6.45, 7) is 3.49. The second kappa shape index (κ2) is 9.43. The van der Waals surface area contributed by atoms with Crippen LogP contribution in [-0.4, -0.2) is 50.6 Å². The van der Waals surface area contributed by atoms with E-state index in [0.29, 0.717) is 31.2 Å². The number of carbonyl (C=O) groups excluding carboxylic acids is 2. The monoisotopic (exact) mass is 397 g/mol. The molecule has 29 heavy (non-hydrogen) atoms. The van der Waals surface area contributed by atoms with Crippen molar-refractivity contribution in [3.8, 4) is 11.5 Å². The normalized spacial score (nSPS) is 13.4. The van der Waals surface area contributed by atoms with Gasteiger partial charge in [0, 0.05) is 18.7 Å². The second-order valence-corrected chi connectivity index (χ2v) is 7.07. The van der Waals surface area contributed by atoms with E-state index >= 15 is 0 Å². The first-order valence-corrected chi connectivity index (χ1v) is 9.72. The minimum atomic E-state index is -0.700. The molecule has 0 fully saturated rings. The third kappa shape index (κ3) is 5.26. The van der Waals surface area contributed by atoms with Crippen LogP contribution in [0.4, 0.5) is 5.69 Å². The van der Waals surface area contributed by atoms with Crippen molar-refractivity contribution in [1.82, 2.24) is 10.2 Å². The van der Waals surface area contributed by atoms with Gasteiger partial charge in [0.05, 0.1) is 19.3 Å². The molecule has 7 heteroatoms. The molecule has 2 amide bonds. The standard InChI is InChI=1S/C22H27N3O4/c1-4-28-18-8-6-17(7-9-18)24-22(27)21(26)23-14-19(25(2)3)15-5-10-20-16(13-15)11-12-29-20/h5-10,13,19H,4,11-12,14H2,1-3H3,(H,23,26)(H,24,27). The molecule has 0 aliphatic carbocycles. The van der Waals surface area contributed by atoms with Gasteiger partial charge in [0.25, 0.3) is 0 Å². The predicted molar refractivity (Wildman–Crippen MR) is 111 cm³/mol. The van der Waals surface area contributed by atoms with Crippen molar-refractivity contribution in [3.05, 3.63) is 53.6 Å². The molecule has 2 N–H and O–H groups in total. The molecule has 0 spiro atoms. The van der Waals surface area contributed by atoms with Crippen molar-refractivity contribution >= 4 is 17.5 Å². The largest absolute Gasteiger partial charge is 0.494 e. The number of nitrogens with one attached hydrogen (secondary N) is 2. The second-order valence-electron chi connectivity index (χ2n) is 7.07. The molecule has 1 aliphatic rings. The molecule has 0 bridgehead atoms. The summed E-state index contributed by atoms with van der Waals surface area (Å²) in [7, 11) is 3.89. The number of anilines is 1. The number of likely N-dealkylation sites (N-methyl/N-ethyl adjacent to an activating group) is 1. The number of amides is 2. The Morgan fingerprint density at radius 3 is 2.59 bits per heavy atom. The Kier molecular flexibility index (Phi) is 6.72. The lowest BCUT2D eigenvalue weighted by Crippen LogP contribution is -2.40. The molecule has 7 nitrogen and oxygen atoms in total. The first-order valence-electron chi connectivity index (χ1n) is 9.72. The molecule has 1 aliphatic heterocycles. The summed E-state index contributed by atoms with van der Waals surface area (Å²) in [5, 5.41) is 5.33. The van der Waals surface area contributed by atoms with Gasteiger partial charge < -0.3 is 25.0 Å². The zero-order valence-corrected chi connectivity index (χ0v) is 17.0. The summed E-state index contributed by atoms with van der Waals surface area (Å²) in [5.74, 6) is 0.262. The molecule has 3 rings (SSSR count). The Bertz CT molecular complexity index is 865. The molecule has 2 aromatic rings. The maximum absolute atomic E-state index is 12.3. The number of fused-ring (bicyclic) bond motifs is 1. The fourth-order valence-electron chi connectivity index (χ4n) is 3.27. The van der Waals surface area contributed by atoms with Crippen LogP contribution in [0.25, 0.3) is 0 Å². The summed E-state index contributed by atoms with van der Waals surface area (Å²) in [6.07, 6.45) is 0.889. The average molecular weight is 397 g/mol. The molecule has 1 heterocycles. The molecule has 0 radical (unpaired) electrons. The summed E-state index contributed by atoms with van der Waals surface area (Å²) in [6, 6.07) is 12.9. The van der Waals surface area contributed by atoms with Crippen molar-refractivity contribution in [2.75, 3.05) is 39.2 Å². The Balaban J connectivity index is 1.57. The van der Waals surface area contributed by atoms with Gasteiger partial charge in [-0.05, 0) is 62.5 Å². The third-order valence-electron chi connectivity index (χ3n) is 4.81. The van der Waals surface area contributed by atoms with Crippen molar-refractivity contribution in [3.63, 3.8) is 0 Å². The van der Waals surface area contributed by atoms with E-state index in [9.17, 15) is 9.59 Å². The predicted octanol–water partition coefficient (Wildman–Crippen LogP) is 2.38. The van der Waals surface area contributed by atoms with Crippen LogP contribution in [0, 0.1) is 0 Å². The van der Waals surface area contributed by atoms with Crippen molar-refractivity contribution in [1.29, 1.82) is 0 Å². The Labute approximate surface area is 171 Å². The average Bonchev–Trinajstić information content (AvgIpc) is 3.17. The number of rotatable bonds is 7. The molecule has 2 aromatic carbocycles. The van der Waals surface area contributed by atoms with E-state index in [0.717, 1.165) is 17.7 Å². The summed E-state index contributed by atoms with van der Waals surface area (Å²) >= 11 is 0. The molecular formula is C22H27N3O4. The molecular weight excluding hydrogens is 370 g/mol. The number of nitrogens with zero attached hydrogens (tertiary/aromatic N) is 1. The smallest absolute Gasteiger partial charge is 0.313 e. The minimum absolute atomic E-state index is 0.0527. The molecule has 1 unspecified atom stereocenters. The van der Waals surface area contributed by atoms with E-state index in [1.807, 2.05) is 38.1 Å². The number of carbonyl (C=O) groups is 2. The fraction of sp³-hybridized carbons (Fsp3) is 0.364. The van der Waals surface area contributed by atoms with Gasteiger partial charge in [0.1, 0.15) is 11.5 Å². The van der Waals surface area contributed by atoms with Gasteiger partial charge >= 0.3 is 11.8 Å². The highest BCUT2D eigenvalue weighted by Gasteiger charge is 2.21. The van der Waals surface area contributed by atoms with E-state index in [2.05, 4.69) is 16.7 Å². The Morgan fingerprint density at radius 1 is 1.14 bits per heavy atom. The highest BCUT2D eigenvalue weighted by Crippen LogP contribution is 2.29. The highest BCUT2D eigenvalue weighted by atomic mass is 16.5. The molecule has 1 atom stereocenters. The molecule has 0 aromatic heterocycles. The highest BCUT2D eigenvalue weighted by molar-refractivity contribution is 6.39.